The van der Waals surface area contributed by atoms with E-state index in [0.717, 1.165) is 22.8 Å². The first kappa shape index (κ1) is 31.5. The van der Waals surface area contributed by atoms with Crippen LogP contribution < -0.4 is 15.9 Å². The van der Waals surface area contributed by atoms with Crippen molar-refractivity contribution in [3.63, 3.8) is 0 Å². The first-order chi connectivity index (χ1) is 19.7. The Morgan fingerprint density at radius 1 is 1.05 bits per heavy atom. The van der Waals surface area contributed by atoms with Gasteiger partial charge in [0.1, 0.15) is 11.9 Å². The van der Waals surface area contributed by atoms with Gasteiger partial charge in [-0.25, -0.2) is 5.84 Å². The highest BCUT2D eigenvalue weighted by molar-refractivity contribution is 5.89. The molecule has 2 heterocycles. The average molecular weight is 568 g/mol. The van der Waals surface area contributed by atoms with E-state index in [4.69, 9.17) is 5.84 Å². The fourth-order valence-corrected chi connectivity index (χ4v) is 4.84. The summed E-state index contributed by atoms with van der Waals surface area (Å²) in [7, 11) is 0. The van der Waals surface area contributed by atoms with Gasteiger partial charge in [-0.3, -0.25) is 10.0 Å². The van der Waals surface area contributed by atoms with Gasteiger partial charge in [-0.2, -0.15) is 0 Å². The van der Waals surface area contributed by atoms with Crippen molar-refractivity contribution < 1.29 is 17.9 Å². The summed E-state index contributed by atoms with van der Waals surface area (Å²) in [6.45, 7) is 9.78. The third-order valence-electron chi connectivity index (χ3n) is 6.93. The average Bonchev–Trinajstić information content (AvgIpc) is 3.42. The molecular weight excluding hydrogens is 527 g/mol. The minimum Gasteiger partial charge on any atom is -0.406 e. The summed E-state index contributed by atoms with van der Waals surface area (Å²) in [4.78, 5) is 7.81. The summed E-state index contributed by atoms with van der Waals surface area (Å²) in [5, 5.41) is 6.68. The number of H-pyrrole nitrogens is 1. The van der Waals surface area contributed by atoms with Crippen LogP contribution in [0.4, 0.5) is 13.2 Å². The fraction of sp³-hybridized carbons (Fsp3) is 0.344. The molecule has 4 N–H and O–H groups in total. The van der Waals surface area contributed by atoms with E-state index in [2.05, 4.69) is 57.8 Å². The molecule has 6 nitrogen and oxygen atoms in total. The van der Waals surface area contributed by atoms with Gasteiger partial charge in [-0.05, 0) is 60.6 Å². The first-order valence-corrected chi connectivity index (χ1v) is 14.0. The number of aromatic amines is 1. The van der Waals surface area contributed by atoms with Crippen LogP contribution in [0.5, 0.6) is 5.75 Å². The highest BCUT2D eigenvalue weighted by Crippen LogP contribution is 2.32. The molecule has 0 amide bonds. The van der Waals surface area contributed by atoms with Gasteiger partial charge in [0.25, 0.3) is 0 Å². The van der Waals surface area contributed by atoms with Crippen LogP contribution >= 0.6 is 0 Å². The maximum Gasteiger partial charge on any atom is 0.573 e. The van der Waals surface area contributed by atoms with Crippen LogP contribution in [-0.2, 0) is 0 Å². The van der Waals surface area contributed by atoms with Crippen LogP contribution in [0.25, 0.3) is 22.7 Å². The van der Waals surface area contributed by atoms with Crippen molar-refractivity contribution in [1.29, 1.82) is 0 Å². The molecule has 2 aliphatic rings. The summed E-state index contributed by atoms with van der Waals surface area (Å²) in [5.74, 6) is 7.48. The highest BCUT2D eigenvalue weighted by atomic mass is 19.4. The maximum atomic E-state index is 11.7. The van der Waals surface area contributed by atoms with E-state index in [1.165, 1.54) is 55.3 Å². The van der Waals surface area contributed by atoms with Crippen LogP contribution in [0.3, 0.4) is 0 Å². The molecule has 0 saturated heterocycles. The molecule has 0 bridgehead atoms. The van der Waals surface area contributed by atoms with Gasteiger partial charge in [0, 0.05) is 29.5 Å². The number of halogens is 3. The molecule has 3 aromatic rings. The quantitative estimate of drug-likeness (QED) is 0.278. The number of hydrazine groups is 1. The number of nitrogens with zero attached hydrogens (tertiary/aromatic N) is 2. The van der Waals surface area contributed by atoms with Gasteiger partial charge in [-0.1, -0.05) is 76.6 Å². The normalized spacial score (nSPS) is 23.4. The topological polar surface area (TPSA) is 78.7 Å². The largest absolute Gasteiger partial charge is 0.573 e. The van der Waals surface area contributed by atoms with E-state index >= 15 is 0 Å². The fourth-order valence-electron chi connectivity index (χ4n) is 4.84. The number of rotatable bonds is 4. The number of fused-ring (bicyclic) bond motifs is 1. The Labute approximate surface area is 240 Å². The zero-order valence-corrected chi connectivity index (χ0v) is 23.9. The molecule has 1 saturated carbocycles. The third-order valence-corrected chi connectivity index (χ3v) is 6.93. The second kappa shape index (κ2) is 15.1. The van der Waals surface area contributed by atoms with Gasteiger partial charge >= 0.3 is 6.36 Å². The molecule has 2 aromatic carbocycles. The molecular formula is C32H40F3N5O. The highest BCUT2D eigenvalue weighted by Gasteiger charge is 2.31. The lowest BCUT2D eigenvalue weighted by Crippen LogP contribution is -2.51. The van der Waals surface area contributed by atoms with E-state index in [9.17, 15) is 13.2 Å². The number of allylic oxidation sites excluding steroid dienone is 1. The van der Waals surface area contributed by atoms with Crippen molar-refractivity contribution in [1.82, 2.24) is 15.3 Å². The molecule has 220 valence electrons. The van der Waals surface area contributed by atoms with Crippen LogP contribution in [0.1, 0.15) is 57.7 Å². The Kier molecular flexibility index (Phi) is 11.6. The van der Waals surface area contributed by atoms with Gasteiger partial charge in [0.05, 0.1) is 11.4 Å². The molecule has 5 rings (SSSR count). The molecule has 1 aromatic heterocycles. The van der Waals surface area contributed by atoms with Crippen molar-refractivity contribution in [2.45, 2.75) is 59.0 Å². The zero-order valence-electron chi connectivity index (χ0n) is 23.9. The molecule has 1 aliphatic carbocycles. The Morgan fingerprint density at radius 3 is 2.46 bits per heavy atom. The van der Waals surface area contributed by atoms with Crippen LogP contribution in [0.2, 0.25) is 0 Å². The van der Waals surface area contributed by atoms with Crippen LogP contribution in [0, 0.1) is 11.8 Å². The van der Waals surface area contributed by atoms with Gasteiger partial charge < -0.3 is 15.0 Å². The summed E-state index contributed by atoms with van der Waals surface area (Å²) in [5.41, 5.74) is 3.80. The number of benzene rings is 2. The molecule has 0 radical (unpaired) electrons. The predicted molar refractivity (Wildman–Crippen MR) is 163 cm³/mol. The second-order valence-electron chi connectivity index (χ2n) is 9.83. The van der Waals surface area contributed by atoms with E-state index < -0.39 is 6.36 Å². The predicted octanol–water partition coefficient (Wildman–Crippen LogP) is 8.24. The number of hydrogen-bond acceptors (Lipinski definition) is 5. The number of para-hydroxylation sites is 1. The second-order valence-corrected chi connectivity index (χ2v) is 9.83. The molecule has 41 heavy (non-hydrogen) atoms. The lowest BCUT2D eigenvalue weighted by atomic mass is 9.81. The number of ether oxygens (including phenoxy) is 1. The van der Waals surface area contributed by atoms with Crippen molar-refractivity contribution in [3.05, 3.63) is 90.9 Å². The number of nitrogens with one attached hydrogen (secondary N) is 2. The Bertz CT molecular complexity index is 1300. The zero-order chi connectivity index (χ0) is 29.8. The van der Waals surface area contributed by atoms with Gasteiger partial charge in [0.2, 0.25) is 0 Å². The number of hydrogen-bond donors (Lipinski definition) is 3. The van der Waals surface area contributed by atoms with Crippen LogP contribution in [-0.4, -0.2) is 28.7 Å². The third kappa shape index (κ3) is 9.56. The summed E-state index contributed by atoms with van der Waals surface area (Å²) < 4.78 is 38.9. The van der Waals surface area contributed by atoms with Gasteiger partial charge in [-0.15, -0.1) is 13.2 Å². The monoisotopic (exact) mass is 567 g/mol. The minimum absolute atomic E-state index is 0.0538. The molecule has 0 spiro atoms. The lowest BCUT2D eigenvalue weighted by Gasteiger charge is -2.38. The van der Waals surface area contributed by atoms with E-state index in [0.29, 0.717) is 11.5 Å². The van der Waals surface area contributed by atoms with Gasteiger partial charge in [0.15, 0.2) is 0 Å². The summed E-state index contributed by atoms with van der Waals surface area (Å²) in [6, 6.07) is 16.1. The van der Waals surface area contributed by atoms with Crippen molar-refractivity contribution >= 4 is 28.9 Å². The smallest absolute Gasteiger partial charge is 0.406 e. The molecule has 9 heteroatoms. The Hall–Kier alpha value is -3.98. The van der Waals surface area contributed by atoms with E-state index in [1.807, 2.05) is 38.4 Å². The molecule has 1 aliphatic heterocycles. The standard InChI is InChI=1S/C21H27N5.C9H7F3O.C2H6/c1-15-6-8-16(9-7-15)21-25-19(10-11-23-12-13-26(21)22)20-14-17-4-2-3-5-18(17)24-20;1-2-7-4-3-5-8(6-7)13-9(10,11)12;1-2/h2-5,10-16,21,24-25H,6-9,22H2,1H3;2-6H,1H2;1-2H3/b13-12-,19-10+,23-11+;;. The van der Waals surface area contributed by atoms with Crippen LogP contribution in [0.15, 0.2) is 84.6 Å². The van der Waals surface area contributed by atoms with Crippen molar-refractivity contribution in [2.24, 2.45) is 22.7 Å². The minimum atomic E-state index is -4.64. The van der Waals surface area contributed by atoms with E-state index in [1.54, 1.807) is 17.3 Å². The van der Waals surface area contributed by atoms with Crippen molar-refractivity contribution in [2.75, 3.05) is 0 Å². The number of alkyl halides is 3. The summed E-state index contributed by atoms with van der Waals surface area (Å²) >= 11 is 0. The number of aliphatic imine (C=N–C) groups is 1. The number of nitrogens with two attached hydrogens (primary N) is 1. The Morgan fingerprint density at radius 2 is 1.78 bits per heavy atom. The Balaban J connectivity index is 0.000000261. The molecule has 1 unspecified atom stereocenters. The maximum absolute atomic E-state index is 11.7. The molecule has 1 fully saturated rings. The first-order valence-electron chi connectivity index (χ1n) is 14.0. The summed E-state index contributed by atoms with van der Waals surface area (Å²) in [6.07, 6.45) is 9.23. The SMILES string of the molecule is C=Cc1cccc(OC(F)(F)F)c1.CC.CC1CCC(C2N/C(c3cc4ccccc4[nH]3)=C/C=N/C=C\N2N)CC1. The number of aromatic nitrogens is 1. The van der Waals surface area contributed by atoms with E-state index in [-0.39, 0.29) is 11.9 Å². The lowest BCUT2D eigenvalue weighted by molar-refractivity contribution is -0.274. The molecule has 1 atom stereocenters. The van der Waals surface area contributed by atoms with Crippen molar-refractivity contribution in [3.8, 4) is 5.75 Å².